The summed E-state index contributed by atoms with van der Waals surface area (Å²) in [7, 11) is 3.21. The molecular formula is C30H31ClFN9O5. The number of nitrogens with zero attached hydrogens (tertiary/aromatic N) is 7. The first kappa shape index (κ1) is 31.1. The number of carbonyl (C=O) groups excluding carboxylic acids is 1. The third-order valence-electron chi connectivity index (χ3n) is 7.81. The van der Waals surface area contributed by atoms with Gasteiger partial charge in [-0.05, 0) is 65.2 Å². The number of aryl methyl sites for hydroxylation is 1. The van der Waals surface area contributed by atoms with Crippen LogP contribution in [0.3, 0.4) is 0 Å². The lowest BCUT2D eigenvalue weighted by atomic mass is 10.0. The Balaban J connectivity index is 1.14. The number of rotatable bonds is 11. The second-order valence-electron chi connectivity index (χ2n) is 10.6. The molecular weight excluding hydrogens is 621 g/mol. The first-order chi connectivity index (χ1) is 22.3. The zero-order valence-electron chi connectivity index (χ0n) is 25.0. The Morgan fingerprint density at radius 2 is 1.98 bits per heavy atom. The second kappa shape index (κ2) is 13.6. The predicted molar refractivity (Wildman–Crippen MR) is 166 cm³/mol. The van der Waals surface area contributed by atoms with Gasteiger partial charge in [-0.25, -0.2) is 9.78 Å². The molecule has 0 radical (unpaired) electrons. The van der Waals surface area contributed by atoms with Crippen molar-refractivity contribution in [1.82, 2.24) is 40.0 Å². The number of fused-ring (bicyclic) bond motifs is 1. The van der Waals surface area contributed by atoms with Crippen molar-refractivity contribution in [3.8, 4) is 16.8 Å². The minimum atomic E-state index is -0.685. The van der Waals surface area contributed by atoms with Gasteiger partial charge in [0.1, 0.15) is 24.9 Å². The van der Waals surface area contributed by atoms with Gasteiger partial charge < -0.3 is 29.0 Å². The van der Waals surface area contributed by atoms with E-state index in [0.29, 0.717) is 53.5 Å². The Morgan fingerprint density at radius 1 is 1.13 bits per heavy atom. The topological polar surface area (TPSA) is 151 Å². The average Bonchev–Trinajstić information content (AvgIpc) is 3.80. The van der Waals surface area contributed by atoms with Crippen LogP contribution in [0.4, 0.5) is 15.0 Å². The first-order valence-corrected chi connectivity index (χ1v) is 14.9. The molecule has 1 amide bonds. The molecule has 14 nitrogen and oxygen atoms in total. The van der Waals surface area contributed by atoms with Gasteiger partial charge in [-0.1, -0.05) is 11.6 Å². The van der Waals surface area contributed by atoms with E-state index in [9.17, 15) is 9.59 Å². The molecule has 5 heterocycles. The molecule has 4 aromatic rings. The second-order valence-corrected chi connectivity index (χ2v) is 11.1. The molecule has 0 fully saturated rings. The number of pyridine rings is 2. The molecule has 240 valence electrons. The highest BCUT2D eigenvalue weighted by Crippen LogP contribution is 2.38. The number of carbonyl (C=O) groups is 1. The largest absolute Gasteiger partial charge is 0.447 e. The molecule has 0 aliphatic carbocycles. The number of amides is 1. The van der Waals surface area contributed by atoms with Crippen molar-refractivity contribution in [1.29, 1.82) is 0 Å². The lowest BCUT2D eigenvalue weighted by Gasteiger charge is -2.29. The van der Waals surface area contributed by atoms with Crippen LogP contribution in [0, 0.1) is 0 Å². The van der Waals surface area contributed by atoms with Gasteiger partial charge in [-0.2, -0.15) is 9.07 Å². The summed E-state index contributed by atoms with van der Waals surface area (Å²) in [6.45, 7) is 1.16. The summed E-state index contributed by atoms with van der Waals surface area (Å²) in [5, 5.41) is 17.7. The minimum absolute atomic E-state index is 0.0699. The number of nitrogens with one attached hydrogen (secondary N) is 2. The van der Waals surface area contributed by atoms with Crippen LogP contribution in [-0.2, 0) is 20.6 Å². The number of anilines is 1. The zero-order chi connectivity index (χ0) is 32.2. The molecule has 2 aliphatic rings. The third kappa shape index (κ3) is 6.42. The van der Waals surface area contributed by atoms with E-state index in [4.69, 9.17) is 25.8 Å². The van der Waals surface area contributed by atoms with Crippen molar-refractivity contribution in [2.75, 3.05) is 45.9 Å². The SMILES string of the molecule is COCCOCCOC(=O)Nc1ccc(C2=C(F)N(C)C([C@@H]3CCc4cc(-c5cc(Cl)ccc5-n5cnnn5)cc(=O)n43)N2)cn1. The van der Waals surface area contributed by atoms with E-state index < -0.39 is 18.2 Å². The number of tetrazole rings is 1. The van der Waals surface area contributed by atoms with Crippen LogP contribution >= 0.6 is 11.6 Å². The number of halogens is 2. The van der Waals surface area contributed by atoms with Crippen LogP contribution in [-0.4, -0.2) is 87.5 Å². The quantitative estimate of drug-likeness (QED) is 0.181. The van der Waals surface area contributed by atoms with Crippen LogP contribution in [0.1, 0.15) is 23.7 Å². The summed E-state index contributed by atoms with van der Waals surface area (Å²) in [4.78, 5) is 31.4. The van der Waals surface area contributed by atoms with E-state index in [2.05, 4.69) is 31.1 Å². The van der Waals surface area contributed by atoms with Gasteiger partial charge in [-0.15, -0.1) is 5.10 Å². The van der Waals surface area contributed by atoms with Crippen LogP contribution in [0.15, 0.2) is 65.7 Å². The van der Waals surface area contributed by atoms with E-state index in [-0.39, 0.29) is 36.3 Å². The lowest BCUT2D eigenvalue weighted by Crippen LogP contribution is -2.43. The Labute approximate surface area is 267 Å². The fraction of sp³-hybridized carbons (Fsp3) is 0.333. The highest BCUT2D eigenvalue weighted by Gasteiger charge is 2.39. The maximum atomic E-state index is 15.6. The monoisotopic (exact) mass is 651 g/mol. The number of likely N-dealkylation sites (N-methyl/N-ethyl adjacent to an activating group) is 1. The van der Waals surface area contributed by atoms with E-state index in [1.807, 2.05) is 6.07 Å². The Bertz CT molecular complexity index is 1800. The maximum Gasteiger partial charge on any atom is 0.412 e. The lowest BCUT2D eigenvalue weighted by molar-refractivity contribution is 0.0447. The fourth-order valence-electron chi connectivity index (χ4n) is 5.65. The molecule has 46 heavy (non-hydrogen) atoms. The van der Waals surface area contributed by atoms with E-state index in [1.165, 1.54) is 22.1 Å². The molecule has 0 saturated heterocycles. The van der Waals surface area contributed by atoms with E-state index >= 15 is 4.39 Å². The number of hydrogen-bond acceptors (Lipinski definition) is 11. The summed E-state index contributed by atoms with van der Waals surface area (Å²) in [5.41, 5.74) is 3.40. The summed E-state index contributed by atoms with van der Waals surface area (Å²) in [6, 6.07) is 11.7. The predicted octanol–water partition coefficient (Wildman–Crippen LogP) is 3.40. The molecule has 0 saturated carbocycles. The molecule has 16 heteroatoms. The summed E-state index contributed by atoms with van der Waals surface area (Å²) < 4.78 is 34.0. The van der Waals surface area contributed by atoms with Gasteiger partial charge in [0.25, 0.3) is 5.56 Å². The smallest absolute Gasteiger partial charge is 0.412 e. The van der Waals surface area contributed by atoms with Crippen LogP contribution < -0.4 is 16.2 Å². The number of ether oxygens (including phenoxy) is 3. The normalized spacial score (nSPS) is 17.3. The molecule has 2 atom stereocenters. The number of benzene rings is 1. The van der Waals surface area contributed by atoms with Crippen molar-refractivity contribution in [3.63, 3.8) is 0 Å². The van der Waals surface area contributed by atoms with Gasteiger partial charge in [0.2, 0.25) is 5.95 Å². The van der Waals surface area contributed by atoms with E-state index in [1.54, 1.807) is 55.1 Å². The number of hydrogen-bond donors (Lipinski definition) is 2. The molecule has 3 aromatic heterocycles. The molecule has 1 unspecified atom stereocenters. The molecule has 0 spiro atoms. The van der Waals surface area contributed by atoms with Crippen molar-refractivity contribution >= 4 is 29.2 Å². The van der Waals surface area contributed by atoms with Gasteiger partial charge in [0, 0.05) is 48.3 Å². The highest BCUT2D eigenvalue weighted by atomic mass is 35.5. The Hall–Kier alpha value is -4.86. The summed E-state index contributed by atoms with van der Waals surface area (Å²) in [6.07, 6.45) is 2.96. The zero-order valence-corrected chi connectivity index (χ0v) is 25.8. The standard InChI is InChI=1S/C30H31ClFN9O5/c1-39-28(32)27(18-3-8-25(33-16-18)35-30(43)46-12-11-45-10-9-44-2)36-29(39)24-7-5-21-13-19(14-26(42)41(21)24)22-15-20(31)4-6-23(22)40-17-34-37-38-40/h3-4,6,8,13-17,24,29,36H,5,7,9-12H2,1-2H3,(H,33,35,43)/t24-,29?/m0/s1. The molecule has 0 bridgehead atoms. The first-order valence-electron chi connectivity index (χ1n) is 14.5. The highest BCUT2D eigenvalue weighted by molar-refractivity contribution is 6.31. The molecule has 1 aromatic carbocycles. The van der Waals surface area contributed by atoms with Gasteiger partial charge >= 0.3 is 6.09 Å². The van der Waals surface area contributed by atoms with E-state index in [0.717, 1.165) is 5.69 Å². The molecule has 6 rings (SSSR count). The average molecular weight is 652 g/mol. The maximum absolute atomic E-state index is 15.6. The minimum Gasteiger partial charge on any atom is -0.447 e. The summed E-state index contributed by atoms with van der Waals surface area (Å²) in [5.74, 6) is -0.239. The van der Waals surface area contributed by atoms with Crippen molar-refractivity contribution in [2.45, 2.75) is 25.0 Å². The van der Waals surface area contributed by atoms with Crippen LogP contribution in [0.2, 0.25) is 5.02 Å². The Morgan fingerprint density at radius 3 is 2.74 bits per heavy atom. The third-order valence-corrected chi connectivity index (χ3v) is 8.04. The van der Waals surface area contributed by atoms with Crippen LogP contribution in [0.5, 0.6) is 0 Å². The number of methoxy groups -OCH3 is 1. The summed E-state index contributed by atoms with van der Waals surface area (Å²) >= 11 is 6.32. The van der Waals surface area contributed by atoms with Gasteiger partial charge in [0.15, 0.2) is 0 Å². The Kier molecular flexibility index (Phi) is 9.23. The van der Waals surface area contributed by atoms with Crippen molar-refractivity contribution in [3.05, 3.63) is 87.6 Å². The van der Waals surface area contributed by atoms with Crippen molar-refractivity contribution < 1.29 is 23.4 Å². The van der Waals surface area contributed by atoms with Crippen molar-refractivity contribution in [2.24, 2.45) is 0 Å². The number of aromatic nitrogens is 6. The molecule has 2 aliphatic heterocycles. The van der Waals surface area contributed by atoms with Crippen LogP contribution in [0.25, 0.3) is 22.5 Å². The van der Waals surface area contributed by atoms with Gasteiger partial charge in [-0.3, -0.25) is 10.1 Å². The van der Waals surface area contributed by atoms with Gasteiger partial charge in [0.05, 0.1) is 37.2 Å². The molecule has 2 N–H and O–H groups in total. The fourth-order valence-corrected chi connectivity index (χ4v) is 5.82.